The Balaban J connectivity index is 1.25. The first-order valence-electron chi connectivity index (χ1n) is 9.98. The zero-order chi connectivity index (χ0) is 21.1. The molecule has 0 atom stereocenters. The summed E-state index contributed by atoms with van der Waals surface area (Å²) in [7, 11) is 0. The highest BCUT2D eigenvalue weighted by atomic mass is 32.2. The molecule has 30 heavy (non-hydrogen) atoms. The van der Waals surface area contributed by atoms with Crippen LogP contribution in [0.15, 0.2) is 29.6 Å². The summed E-state index contributed by atoms with van der Waals surface area (Å²) in [6, 6.07) is 7.34. The van der Waals surface area contributed by atoms with Gasteiger partial charge in [-0.3, -0.25) is 24.2 Å². The molecule has 2 aliphatic rings. The second-order valence-corrected chi connectivity index (χ2v) is 9.62. The number of nitrogens with one attached hydrogen (secondary N) is 1. The molecule has 2 saturated heterocycles. The summed E-state index contributed by atoms with van der Waals surface area (Å²) in [5.74, 6) is 0.122. The summed E-state index contributed by atoms with van der Waals surface area (Å²) in [6.45, 7) is 4.92. The molecule has 1 N–H and O–H groups in total. The Bertz CT molecular complexity index is 920. The van der Waals surface area contributed by atoms with Crippen LogP contribution in [0.1, 0.15) is 29.1 Å². The molecule has 158 valence electrons. The molecule has 0 aliphatic carbocycles. The molecule has 2 aromatic rings. The smallest absolute Gasteiger partial charge is 0.289 e. The van der Waals surface area contributed by atoms with Gasteiger partial charge in [-0.2, -0.15) is 0 Å². The van der Waals surface area contributed by atoms with Gasteiger partial charge in [0.05, 0.1) is 23.0 Å². The Hall–Kier alpha value is -2.23. The van der Waals surface area contributed by atoms with Crippen LogP contribution in [0, 0.1) is 12.8 Å². The molecule has 0 bridgehead atoms. The highest BCUT2D eigenvalue weighted by Gasteiger charge is 2.30. The Kier molecular flexibility index (Phi) is 6.50. The number of carbonyl (C=O) groups is 3. The predicted molar refractivity (Wildman–Crippen MR) is 118 cm³/mol. The summed E-state index contributed by atoms with van der Waals surface area (Å²) in [6.07, 6.45) is 1.67. The number of anilines is 1. The van der Waals surface area contributed by atoms with E-state index in [1.807, 2.05) is 31.2 Å². The average molecular weight is 445 g/mol. The van der Waals surface area contributed by atoms with Crippen LogP contribution in [0.2, 0.25) is 0 Å². The molecule has 2 fully saturated rings. The maximum absolute atomic E-state index is 12.6. The van der Waals surface area contributed by atoms with E-state index in [0.717, 1.165) is 66.2 Å². The Labute approximate surface area is 183 Å². The lowest BCUT2D eigenvalue weighted by Gasteiger charge is -2.30. The topological polar surface area (TPSA) is 82.6 Å². The molecule has 9 heteroatoms. The van der Waals surface area contributed by atoms with Crippen molar-refractivity contribution < 1.29 is 14.4 Å². The monoisotopic (exact) mass is 444 g/mol. The van der Waals surface area contributed by atoms with Crippen molar-refractivity contribution in [2.75, 3.05) is 24.2 Å². The van der Waals surface area contributed by atoms with E-state index in [0.29, 0.717) is 0 Å². The van der Waals surface area contributed by atoms with Gasteiger partial charge in [0.15, 0.2) is 0 Å². The van der Waals surface area contributed by atoms with Crippen LogP contribution in [0.4, 0.5) is 10.5 Å². The number of carbonyl (C=O) groups excluding carboxylic acids is 3. The van der Waals surface area contributed by atoms with Crippen molar-refractivity contribution in [2.45, 2.75) is 32.9 Å². The van der Waals surface area contributed by atoms with E-state index >= 15 is 0 Å². The number of nitrogens with zero attached hydrogens (tertiary/aromatic N) is 3. The second kappa shape index (κ2) is 9.28. The Morgan fingerprint density at radius 2 is 1.90 bits per heavy atom. The summed E-state index contributed by atoms with van der Waals surface area (Å²) < 4.78 is 0. The molecule has 2 aliphatic heterocycles. The fraction of sp³-hybridized carbons (Fsp3) is 0.429. The minimum Gasteiger partial charge on any atom is -0.326 e. The number of imide groups is 1. The largest absolute Gasteiger partial charge is 0.326 e. The van der Waals surface area contributed by atoms with Crippen LogP contribution in [-0.4, -0.2) is 50.7 Å². The van der Waals surface area contributed by atoms with Crippen molar-refractivity contribution in [3.8, 4) is 0 Å². The van der Waals surface area contributed by atoms with Crippen LogP contribution in [0.25, 0.3) is 0 Å². The number of rotatable bonds is 6. The maximum atomic E-state index is 12.6. The fourth-order valence-corrected chi connectivity index (χ4v) is 5.05. The van der Waals surface area contributed by atoms with Crippen LogP contribution in [-0.2, 0) is 22.7 Å². The first-order valence-corrected chi connectivity index (χ1v) is 11.8. The van der Waals surface area contributed by atoms with Crippen molar-refractivity contribution in [1.29, 1.82) is 0 Å². The number of thiazole rings is 1. The van der Waals surface area contributed by atoms with Gasteiger partial charge < -0.3 is 5.32 Å². The van der Waals surface area contributed by atoms with Crippen LogP contribution in [0.5, 0.6) is 0 Å². The van der Waals surface area contributed by atoms with E-state index in [1.54, 1.807) is 11.3 Å². The van der Waals surface area contributed by atoms with Crippen molar-refractivity contribution in [1.82, 2.24) is 14.8 Å². The Morgan fingerprint density at radius 3 is 2.50 bits per heavy atom. The number of benzene rings is 1. The predicted octanol–water partition coefficient (Wildman–Crippen LogP) is 3.50. The molecule has 3 heterocycles. The lowest BCUT2D eigenvalue weighted by Crippen LogP contribution is -2.37. The van der Waals surface area contributed by atoms with E-state index in [9.17, 15) is 14.4 Å². The average Bonchev–Trinajstić information content (AvgIpc) is 3.29. The number of hydrogen-bond acceptors (Lipinski definition) is 7. The third kappa shape index (κ3) is 5.08. The molecule has 0 spiro atoms. The van der Waals surface area contributed by atoms with Crippen molar-refractivity contribution in [2.24, 2.45) is 5.92 Å². The summed E-state index contributed by atoms with van der Waals surface area (Å²) in [5, 5.41) is 5.99. The lowest BCUT2D eigenvalue weighted by molar-refractivity contribution is -0.125. The van der Waals surface area contributed by atoms with Crippen LogP contribution >= 0.6 is 23.1 Å². The quantitative estimate of drug-likeness (QED) is 0.734. The molecule has 0 radical (unpaired) electrons. The molecule has 1 aromatic carbocycles. The van der Waals surface area contributed by atoms with E-state index < -0.39 is 0 Å². The highest BCUT2D eigenvalue weighted by molar-refractivity contribution is 8.14. The van der Waals surface area contributed by atoms with E-state index in [4.69, 9.17) is 0 Å². The lowest BCUT2D eigenvalue weighted by atomic mass is 9.95. The van der Waals surface area contributed by atoms with Gasteiger partial charge in [0, 0.05) is 23.5 Å². The van der Waals surface area contributed by atoms with Gasteiger partial charge in [0.2, 0.25) is 11.8 Å². The van der Waals surface area contributed by atoms with Gasteiger partial charge in [0.25, 0.3) is 5.24 Å². The minimum atomic E-state index is -0.200. The number of thioether (sulfide) groups is 1. The number of amides is 3. The van der Waals surface area contributed by atoms with Crippen molar-refractivity contribution in [3.63, 3.8) is 0 Å². The molecular formula is C21H24N4O3S2. The first kappa shape index (κ1) is 21.0. The molecule has 7 nitrogen and oxygen atoms in total. The number of hydrogen-bond donors (Lipinski definition) is 1. The molecular weight excluding hydrogens is 420 g/mol. The van der Waals surface area contributed by atoms with Crippen LogP contribution < -0.4 is 5.32 Å². The van der Waals surface area contributed by atoms with Gasteiger partial charge >= 0.3 is 0 Å². The number of aryl methyl sites for hydroxylation is 1. The third-order valence-corrected chi connectivity index (χ3v) is 7.09. The standard InChI is InChI=1S/C21H24N4O3S2/c1-14-22-18(12-29-14)11-24-8-6-16(7-9-24)20(27)23-17-4-2-15(3-5-17)10-25-19(26)13-30-21(25)28/h2-5,12,16H,6-11,13H2,1H3,(H,23,27). The summed E-state index contributed by atoms with van der Waals surface area (Å²) >= 11 is 2.71. The minimum absolute atomic E-state index is 0.00923. The zero-order valence-electron chi connectivity index (χ0n) is 16.8. The third-order valence-electron chi connectivity index (χ3n) is 5.41. The highest BCUT2D eigenvalue weighted by Crippen LogP contribution is 2.23. The zero-order valence-corrected chi connectivity index (χ0v) is 18.4. The molecule has 0 unspecified atom stereocenters. The van der Waals surface area contributed by atoms with Gasteiger partial charge in [0.1, 0.15) is 0 Å². The SMILES string of the molecule is Cc1nc(CN2CCC(C(=O)Nc3ccc(CN4C(=O)CSC4=O)cc3)CC2)cs1. The number of aromatic nitrogens is 1. The van der Waals surface area contributed by atoms with Gasteiger partial charge in [-0.05, 0) is 50.6 Å². The molecule has 0 saturated carbocycles. The number of piperidine rings is 1. The fourth-order valence-electron chi connectivity index (χ4n) is 3.72. The van der Waals surface area contributed by atoms with Crippen molar-refractivity contribution >= 4 is 45.8 Å². The van der Waals surface area contributed by atoms with Gasteiger partial charge in [-0.25, -0.2) is 4.98 Å². The summed E-state index contributed by atoms with van der Waals surface area (Å²) in [5.41, 5.74) is 2.71. The van der Waals surface area contributed by atoms with E-state index in [2.05, 4.69) is 20.6 Å². The number of likely N-dealkylation sites (tertiary alicyclic amines) is 1. The van der Waals surface area contributed by atoms with Gasteiger partial charge in [-0.15, -0.1) is 11.3 Å². The summed E-state index contributed by atoms with van der Waals surface area (Å²) in [4.78, 5) is 44.2. The normalized spacial score (nSPS) is 18.2. The first-order chi connectivity index (χ1) is 14.5. The molecule has 4 rings (SSSR count). The second-order valence-electron chi connectivity index (χ2n) is 7.63. The van der Waals surface area contributed by atoms with Gasteiger partial charge in [-0.1, -0.05) is 23.9 Å². The Morgan fingerprint density at radius 1 is 1.17 bits per heavy atom. The molecule has 1 aromatic heterocycles. The van der Waals surface area contributed by atoms with E-state index in [1.165, 1.54) is 4.90 Å². The molecule has 3 amide bonds. The maximum Gasteiger partial charge on any atom is 0.289 e. The van der Waals surface area contributed by atoms with Crippen molar-refractivity contribution in [3.05, 3.63) is 45.9 Å². The van der Waals surface area contributed by atoms with E-state index in [-0.39, 0.29) is 35.3 Å². The van der Waals surface area contributed by atoms with Crippen LogP contribution in [0.3, 0.4) is 0 Å².